The highest BCUT2D eigenvalue weighted by atomic mass is 16.6. The highest BCUT2D eigenvalue weighted by Crippen LogP contribution is 2.13. The van der Waals surface area contributed by atoms with Crippen LogP contribution < -0.4 is 5.32 Å². The molecule has 0 saturated carbocycles. The minimum absolute atomic E-state index is 0.135. The molecule has 1 fully saturated rings. The van der Waals surface area contributed by atoms with Gasteiger partial charge in [-0.05, 0) is 32.9 Å². The van der Waals surface area contributed by atoms with Gasteiger partial charge in [-0.1, -0.05) is 6.92 Å². The zero-order chi connectivity index (χ0) is 14.4. The lowest BCUT2D eigenvalue weighted by Crippen LogP contribution is -2.48. The fraction of sp³-hybridized carbons (Fsp3) is 0.800. The third-order valence-corrected chi connectivity index (χ3v) is 3.66. The van der Waals surface area contributed by atoms with E-state index in [0.29, 0.717) is 19.8 Å². The standard InChI is InChI=1S/C15H27N3O2/c1-4-6-16-14(15-11-19-7-8-20-15)10-13-9-12(3)17-18(13)5-2/h9,14-16H,4-8,10-11H2,1-3H3. The Balaban J connectivity index is 2.05. The summed E-state index contributed by atoms with van der Waals surface area (Å²) in [5.74, 6) is 0. The fourth-order valence-corrected chi connectivity index (χ4v) is 2.67. The molecule has 0 aromatic carbocycles. The largest absolute Gasteiger partial charge is 0.376 e. The van der Waals surface area contributed by atoms with E-state index in [1.807, 2.05) is 6.92 Å². The Kier molecular flexibility index (Phi) is 6.01. The Bertz CT molecular complexity index is 400. The molecule has 1 aromatic heterocycles. The van der Waals surface area contributed by atoms with Crippen LogP contribution in [0.25, 0.3) is 0 Å². The van der Waals surface area contributed by atoms with Crippen molar-refractivity contribution in [3.63, 3.8) is 0 Å². The van der Waals surface area contributed by atoms with E-state index in [2.05, 4.69) is 35.0 Å². The topological polar surface area (TPSA) is 48.3 Å². The first-order chi connectivity index (χ1) is 9.74. The highest BCUT2D eigenvalue weighted by Gasteiger charge is 2.26. The first-order valence-corrected chi connectivity index (χ1v) is 7.70. The number of hydrogen-bond acceptors (Lipinski definition) is 4. The summed E-state index contributed by atoms with van der Waals surface area (Å²) in [6.45, 7) is 10.4. The quantitative estimate of drug-likeness (QED) is 0.823. The summed E-state index contributed by atoms with van der Waals surface area (Å²) in [4.78, 5) is 0. The van der Waals surface area contributed by atoms with Crippen molar-refractivity contribution in [3.8, 4) is 0 Å². The first-order valence-electron chi connectivity index (χ1n) is 7.70. The summed E-state index contributed by atoms with van der Waals surface area (Å²) in [7, 11) is 0. The molecule has 114 valence electrons. The van der Waals surface area contributed by atoms with Gasteiger partial charge in [0, 0.05) is 24.7 Å². The summed E-state index contributed by atoms with van der Waals surface area (Å²) >= 11 is 0. The van der Waals surface area contributed by atoms with E-state index in [1.165, 1.54) is 5.69 Å². The van der Waals surface area contributed by atoms with Crippen molar-refractivity contribution >= 4 is 0 Å². The van der Waals surface area contributed by atoms with E-state index in [0.717, 1.165) is 31.6 Å². The van der Waals surface area contributed by atoms with Gasteiger partial charge in [-0.2, -0.15) is 5.10 Å². The van der Waals surface area contributed by atoms with Crippen LogP contribution in [0.5, 0.6) is 0 Å². The normalized spacial score (nSPS) is 21.1. The molecule has 2 rings (SSSR count). The number of ether oxygens (including phenoxy) is 2. The number of aryl methyl sites for hydroxylation is 2. The lowest BCUT2D eigenvalue weighted by Gasteiger charge is -2.31. The second kappa shape index (κ2) is 7.76. The Labute approximate surface area is 121 Å². The van der Waals surface area contributed by atoms with E-state index >= 15 is 0 Å². The molecular formula is C15H27N3O2. The summed E-state index contributed by atoms with van der Waals surface area (Å²) < 4.78 is 13.5. The van der Waals surface area contributed by atoms with Gasteiger partial charge in [0.15, 0.2) is 0 Å². The molecule has 5 nitrogen and oxygen atoms in total. The third-order valence-electron chi connectivity index (χ3n) is 3.66. The molecule has 1 aliphatic heterocycles. The number of hydrogen-bond donors (Lipinski definition) is 1. The zero-order valence-electron chi connectivity index (χ0n) is 12.9. The summed E-state index contributed by atoms with van der Waals surface area (Å²) in [5, 5.41) is 8.13. The maximum Gasteiger partial charge on any atom is 0.0965 e. The molecule has 1 aliphatic rings. The third kappa shape index (κ3) is 4.04. The van der Waals surface area contributed by atoms with Crippen LogP contribution in [0.1, 0.15) is 31.7 Å². The molecule has 1 N–H and O–H groups in total. The summed E-state index contributed by atoms with van der Waals surface area (Å²) in [6, 6.07) is 2.46. The summed E-state index contributed by atoms with van der Waals surface area (Å²) in [6.07, 6.45) is 2.19. The Hall–Kier alpha value is -0.910. The molecule has 0 amide bonds. The van der Waals surface area contributed by atoms with E-state index < -0.39 is 0 Å². The van der Waals surface area contributed by atoms with Gasteiger partial charge in [-0.15, -0.1) is 0 Å². The van der Waals surface area contributed by atoms with Crippen molar-refractivity contribution in [1.29, 1.82) is 0 Å². The molecule has 0 radical (unpaired) electrons. The van der Waals surface area contributed by atoms with Gasteiger partial charge in [-0.3, -0.25) is 4.68 Å². The van der Waals surface area contributed by atoms with Gasteiger partial charge < -0.3 is 14.8 Å². The molecule has 5 heteroatoms. The molecule has 2 unspecified atom stereocenters. The van der Waals surface area contributed by atoms with Crippen molar-refractivity contribution in [2.75, 3.05) is 26.4 Å². The molecular weight excluding hydrogens is 254 g/mol. The van der Waals surface area contributed by atoms with Gasteiger partial charge in [0.05, 0.1) is 31.6 Å². The van der Waals surface area contributed by atoms with Gasteiger partial charge in [-0.25, -0.2) is 0 Å². The van der Waals surface area contributed by atoms with Gasteiger partial charge in [0.25, 0.3) is 0 Å². The monoisotopic (exact) mass is 281 g/mol. The Morgan fingerprint density at radius 3 is 2.95 bits per heavy atom. The average Bonchev–Trinajstić information content (AvgIpc) is 2.84. The van der Waals surface area contributed by atoms with E-state index in [-0.39, 0.29) is 12.1 Å². The second-order valence-electron chi connectivity index (χ2n) is 5.34. The SMILES string of the molecule is CCCNC(Cc1cc(C)nn1CC)C1COCCO1. The molecule has 0 aliphatic carbocycles. The summed E-state index contributed by atoms with van der Waals surface area (Å²) in [5.41, 5.74) is 2.35. The fourth-order valence-electron chi connectivity index (χ4n) is 2.67. The molecule has 2 heterocycles. The van der Waals surface area contributed by atoms with Crippen LogP contribution in [-0.4, -0.2) is 48.3 Å². The van der Waals surface area contributed by atoms with Crippen LogP contribution in [-0.2, 0) is 22.4 Å². The predicted molar refractivity (Wildman–Crippen MR) is 79.0 cm³/mol. The number of nitrogens with one attached hydrogen (secondary N) is 1. The van der Waals surface area contributed by atoms with Crippen molar-refractivity contribution in [2.24, 2.45) is 0 Å². The molecule has 1 aromatic rings. The smallest absolute Gasteiger partial charge is 0.0965 e. The molecule has 2 atom stereocenters. The highest BCUT2D eigenvalue weighted by molar-refractivity contribution is 5.11. The second-order valence-corrected chi connectivity index (χ2v) is 5.34. The Morgan fingerprint density at radius 1 is 1.45 bits per heavy atom. The van der Waals surface area contributed by atoms with Crippen molar-refractivity contribution in [2.45, 2.75) is 52.3 Å². The van der Waals surface area contributed by atoms with Gasteiger partial charge >= 0.3 is 0 Å². The number of nitrogens with zero attached hydrogens (tertiary/aromatic N) is 2. The van der Waals surface area contributed by atoms with E-state index in [9.17, 15) is 0 Å². The number of aromatic nitrogens is 2. The Morgan fingerprint density at radius 2 is 2.30 bits per heavy atom. The number of rotatable bonds is 7. The predicted octanol–water partition coefficient (Wildman–Crippen LogP) is 1.54. The van der Waals surface area contributed by atoms with Gasteiger partial charge in [0.1, 0.15) is 0 Å². The first kappa shape index (κ1) is 15.5. The zero-order valence-corrected chi connectivity index (χ0v) is 12.9. The minimum atomic E-state index is 0.135. The van der Waals surface area contributed by atoms with Crippen molar-refractivity contribution in [3.05, 3.63) is 17.5 Å². The lowest BCUT2D eigenvalue weighted by molar-refractivity contribution is -0.101. The van der Waals surface area contributed by atoms with Crippen LogP contribution in [0.4, 0.5) is 0 Å². The molecule has 0 spiro atoms. The average molecular weight is 281 g/mol. The van der Waals surface area contributed by atoms with Crippen LogP contribution in [0.15, 0.2) is 6.07 Å². The minimum Gasteiger partial charge on any atom is -0.376 e. The maximum absolute atomic E-state index is 5.87. The van der Waals surface area contributed by atoms with E-state index in [4.69, 9.17) is 9.47 Å². The molecule has 0 bridgehead atoms. The molecule has 1 saturated heterocycles. The molecule has 20 heavy (non-hydrogen) atoms. The van der Waals surface area contributed by atoms with Gasteiger partial charge in [0.2, 0.25) is 0 Å². The van der Waals surface area contributed by atoms with Crippen LogP contribution in [0.3, 0.4) is 0 Å². The van der Waals surface area contributed by atoms with Crippen LogP contribution in [0.2, 0.25) is 0 Å². The van der Waals surface area contributed by atoms with Crippen LogP contribution in [0, 0.1) is 6.92 Å². The lowest BCUT2D eigenvalue weighted by atomic mass is 10.0. The van der Waals surface area contributed by atoms with Crippen molar-refractivity contribution < 1.29 is 9.47 Å². The maximum atomic E-state index is 5.87. The van der Waals surface area contributed by atoms with Crippen molar-refractivity contribution in [1.82, 2.24) is 15.1 Å². The van der Waals surface area contributed by atoms with Crippen LogP contribution >= 0.6 is 0 Å². The van der Waals surface area contributed by atoms with E-state index in [1.54, 1.807) is 0 Å².